The average molecular weight is 665 g/mol. The van der Waals surface area contributed by atoms with Crippen molar-refractivity contribution in [2.45, 2.75) is 26.2 Å². The second-order valence-corrected chi connectivity index (χ2v) is 10.7. The number of halogens is 4. The molecule has 0 unspecified atom stereocenters. The van der Waals surface area contributed by atoms with Gasteiger partial charge in [-0.25, -0.2) is 9.37 Å². The summed E-state index contributed by atoms with van der Waals surface area (Å²) in [6, 6.07) is 14.1. The van der Waals surface area contributed by atoms with Gasteiger partial charge >= 0.3 is 0 Å². The minimum absolute atomic E-state index is 0.0405. The van der Waals surface area contributed by atoms with Crippen LogP contribution in [0.1, 0.15) is 37.6 Å². The van der Waals surface area contributed by atoms with Gasteiger partial charge in [0.25, 0.3) is 11.5 Å². The van der Waals surface area contributed by atoms with Gasteiger partial charge in [0.1, 0.15) is 17.4 Å². The van der Waals surface area contributed by atoms with E-state index in [1.54, 1.807) is 30.3 Å². The highest BCUT2D eigenvalue weighted by Crippen LogP contribution is 2.32. The number of amides is 1. The van der Waals surface area contributed by atoms with Crippen LogP contribution in [0.25, 0.3) is 10.9 Å². The summed E-state index contributed by atoms with van der Waals surface area (Å²) < 4.78 is 21.7. The Morgan fingerprint density at radius 3 is 2.76 bits per heavy atom. The monoisotopic (exact) mass is 662 g/mol. The van der Waals surface area contributed by atoms with E-state index < -0.39 is 11.7 Å². The van der Waals surface area contributed by atoms with Crippen molar-refractivity contribution in [1.82, 2.24) is 9.66 Å². The number of benzene rings is 3. The summed E-state index contributed by atoms with van der Waals surface area (Å²) in [5.74, 6) is -0.185. The van der Waals surface area contributed by atoms with Crippen molar-refractivity contribution in [3.8, 4) is 5.75 Å². The van der Waals surface area contributed by atoms with Gasteiger partial charge in [0, 0.05) is 26.7 Å². The molecule has 1 amide bonds. The number of hydrogen-bond acceptors (Lipinski definition) is 5. The van der Waals surface area contributed by atoms with Crippen LogP contribution in [0.4, 0.5) is 10.1 Å². The Morgan fingerprint density at radius 2 is 2.03 bits per heavy atom. The number of nitrogens with zero attached hydrogens (tertiary/aromatic N) is 3. The van der Waals surface area contributed by atoms with Crippen molar-refractivity contribution < 1.29 is 13.9 Å². The fraction of sp³-hybridized carbons (Fsp3) is 0.185. The van der Waals surface area contributed by atoms with Crippen LogP contribution in [-0.4, -0.2) is 28.4 Å². The van der Waals surface area contributed by atoms with Crippen molar-refractivity contribution >= 4 is 72.2 Å². The van der Waals surface area contributed by atoms with Crippen LogP contribution in [-0.2, 0) is 4.79 Å². The predicted octanol–water partition coefficient (Wildman–Crippen LogP) is 7.13. The van der Waals surface area contributed by atoms with Crippen molar-refractivity contribution in [2.75, 3.05) is 11.9 Å². The average Bonchev–Trinajstić information content (AvgIpc) is 2.87. The van der Waals surface area contributed by atoms with Gasteiger partial charge in [-0.05, 0) is 70.9 Å². The molecule has 0 spiro atoms. The highest BCUT2D eigenvalue weighted by atomic mass is 79.9. The Balaban J connectivity index is 1.68. The Hall–Kier alpha value is -3.08. The fourth-order valence-corrected chi connectivity index (χ4v) is 4.94. The zero-order chi connectivity index (χ0) is 27.4. The lowest BCUT2D eigenvalue weighted by atomic mass is 10.1. The molecule has 0 saturated carbocycles. The highest BCUT2D eigenvalue weighted by Gasteiger charge is 2.17. The fourth-order valence-electron chi connectivity index (χ4n) is 3.63. The molecule has 0 fully saturated rings. The normalized spacial score (nSPS) is 12.2. The maximum atomic E-state index is 13.4. The minimum atomic E-state index is -0.486. The first-order chi connectivity index (χ1) is 18.2. The minimum Gasteiger partial charge on any atom is -0.482 e. The Labute approximate surface area is 239 Å². The van der Waals surface area contributed by atoms with E-state index in [2.05, 4.69) is 42.3 Å². The molecular formula is C27H22Br2ClFN4O3. The van der Waals surface area contributed by atoms with E-state index >= 15 is 0 Å². The number of hydrogen-bond donors (Lipinski definition) is 1. The number of nitrogens with one attached hydrogen (secondary N) is 1. The van der Waals surface area contributed by atoms with E-state index in [9.17, 15) is 14.0 Å². The van der Waals surface area contributed by atoms with Crippen molar-refractivity contribution in [3.05, 3.63) is 96.1 Å². The van der Waals surface area contributed by atoms with E-state index in [0.717, 1.165) is 10.9 Å². The molecule has 1 aromatic heterocycles. The van der Waals surface area contributed by atoms with Gasteiger partial charge in [0.05, 0.1) is 21.6 Å². The van der Waals surface area contributed by atoms with Crippen molar-refractivity contribution in [1.29, 1.82) is 0 Å². The van der Waals surface area contributed by atoms with Gasteiger partial charge in [0.15, 0.2) is 6.61 Å². The van der Waals surface area contributed by atoms with E-state index in [1.165, 1.54) is 29.1 Å². The summed E-state index contributed by atoms with van der Waals surface area (Å²) >= 11 is 13.1. The van der Waals surface area contributed by atoms with E-state index in [0.29, 0.717) is 43.2 Å². The second kappa shape index (κ2) is 12.2. The first-order valence-corrected chi connectivity index (χ1v) is 13.6. The van der Waals surface area contributed by atoms with Gasteiger partial charge in [-0.3, -0.25) is 9.59 Å². The zero-order valence-electron chi connectivity index (χ0n) is 20.3. The molecule has 7 nitrogen and oxygen atoms in total. The molecule has 1 atom stereocenters. The van der Waals surface area contributed by atoms with E-state index in [-0.39, 0.29) is 18.1 Å². The van der Waals surface area contributed by atoms with Crippen LogP contribution in [0, 0.1) is 5.82 Å². The first-order valence-electron chi connectivity index (χ1n) is 11.6. The predicted molar refractivity (Wildman–Crippen MR) is 155 cm³/mol. The second-order valence-electron chi connectivity index (χ2n) is 8.46. The van der Waals surface area contributed by atoms with Gasteiger partial charge in [-0.15, -0.1) is 0 Å². The van der Waals surface area contributed by atoms with Crippen molar-refractivity contribution in [2.24, 2.45) is 5.10 Å². The zero-order valence-corrected chi connectivity index (χ0v) is 24.3. The number of anilines is 1. The molecule has 1 heterocycles. The summed E-state index contributed by atoms with van der Waals surface area (Å²) in [6.07, 6.45) is 2.19. The lowest BCUT2D eigenvalue weighted by Crippen LogP contribution is -2.24. The molecule has 0 aliphatic rings. The third kappa shape index (κ3) is 6.48. The SMILES string of the molecule is CC[C@@H](C)c1nc2ccc(Br)cc2c(=O)n1N=Cc1cc(Cl)cc(Br)c1OCC(=O)Nc1cccc(F)c1. The molecule has 11 heteroatoms. The van der Waals surface area contributed by atoms with Crippen molar-refractivity contribution in [3.63, 3.8) is 0 Å². The molecule has 38 heavy (non-hydrogen) atoms. The van der Waals surface area contributed by atoms with Crippen LogP contribution in [0.3, 0.4) is 0 Å². The summed E-state index contributed by atoms with van der Waals surface area (Å²) in [5.41, 5.74) is 1.00. The summed E-state index contributed by atoms with van der Waals surface area (Å²) in [5, 5.41) is 7.86. The molecular weight excluding hydrogens is 643 g/mol. The van der Waals surface area contributed by atoms with Gasteiger partial charge in [-0.2, -0.15) is 9.78 Å². The molecule has 0 radical (unpaired) electrons. The molecule has 196 valence electrons. The smallest absolute Gasteiger partial charge is 0.282 e. The molecule has 0 saturated heterocycles. The maximum absolute atomic E-state index is 13.4. The molecule has 3 aromatic carbocycles. The van der Waals surface area contributed by atoms with E-state index in [1.807, 2.05) is 19.9 Å². The summed E-state index contributed by atoms with van der Waals surface area (Å²) in [6.45, 7) is 3.62. The molecule has 0 aliphatic heterocycles. The maximum Gasteiger partial charge on any atom is 0.282 e. The Bertz CT molecular complexity index is 1610. The number of aromatic nitrogens is 2. The molecule has 0 aliphatic carbocycles. The van der Waals surface area contributed by atoms with Crippen LogP contribution < -0.4 is 15.6 Å². The highest BCUT2D eigenvalue weighted by molar-refractivity contribution is 9.10. The van der Waals surface area contributed by atoms with Crippen LogP contribution in [0.5, 0.6) is 5.75 Å². The van der Waals surface area contributed by atoms with Crippen LogP contribution >= 0.6 is 43.5 Å². The third-order valence-electron chi connectivity index (χ3n) is 5.69. The van der Waals surface area contributed by atoms with Crippen LogP contribution in [0.15, 0.2) is 73.4 Å². The first kappa shape index (κ1) is 27.9. The lowest BCUT2D eigenvalue weighted by molar-refractivity contribution is -0.118. The molecule has 1 N–H and O–H groups in total. The topological polar surface area (TPSA) is 85.6 Å². The van der Waals surface area contributed by atoms with Gasteiger partial charge < -0.3 is 10.1 Å². The number of rotatable bonds is 8. The number of carbonyl (C=O) groups excluding carboxylic acids is 1. The molecule has 4 aromatic rings. The number of fused-ring (bicyclic) bond motifs is 1. The third-order valence-corrected chi connectivity index (χ3v) is 6.99. The lowest BCUT2D eigenvalue weighted by Gasteiger charge is -2.15. The summed E-state index contributed by atoms with van der Waals surface area (Å²) in [7, 11) is 0. The number of ether oxygens (including phenoxy) is 1. The van der Waals surface area contributed by atoms with Gasteiger partial charge in [-0.1, -0.05) is 47.4 Å². The Morgan fingerprint density at radius 1 is 1.24 bits per heavy atom. The van der Waals surface area contributed by atoms with Gasteiger partial charge in [0.2, 0.25) is 0 Å². The standard InChI is InChI=1S/C27H22Br2ClFN4O3/c1-3-15(2)26-34-23-8-7-17(28)10-21(23)27(37)35(26)32-13-16-9-18(30)11-22(29)25(16)38-14-24(36)33-20-6-4-5-19(31)12-20/h4-13,15H,3,14H2,1-2H3,(H,33,36)/t15-/m1/s1. The Kier molecular flexibility index (Phi) is 8.96. The van der Waals surface area contributed by atoms with E-state index in [4.69, 9.17) is 21.3 Å². The molecule has 4 rings (SSSR count). The molecule has 0 bridgehead atoms. The summed E-state index contributed by atoms with van der Waals surface area (Å²) in [4.78, 5) is 30.5. The van der Waals surface area contributed by atoms with Crippen LogP contribution in [0.2, 0.25) is 5.02 Å². The number of carbonyl (C=O) groups is 1. The largest absolute Gasteiger partial charge is 0.482 e. The quantitative estimate of drug-likeness (QED) is 0.203.